The third-order valence-electron chi connectivity index (χ3n) is 11.6. The number of carboxylic acids is 1. The largest absolute Gasteiger partial charge is 0.489 e. The van der Waals surface area contributed by atoms with Gasteiger partial charge in [-0.2, -0.15) is 0 Å². The van der Waals surface area contributed by atoms with Crippen LogP contribution in [0.25, 0.3) is 11.1 Å². The molecule has 0 amide bonds. The van der Waals surface area contributed by atoms with Crippen molar-refractivity contribution < 1.29 is 48.4 Å². The normalized spacial score (nSPS) is 14.2. The van der Waals surface area contributed by atoms with Crippen molar-refractivity contribution in [2.45, 2.75) is 106 Å². The van der Waals surface area contributed by atoms with Gasteiger partial charge in [-0.15, -0.1) is 0 Å². The van der Waals surface area contributed by atoms with Crippen molar-refractivity contribution in [1.29, 1.82) is 0 Å². The monoisotopic (exact) mass is 1070 g/mol. The lowest BCUT2D eigenvalue weighted by Crippen LogP contribution is -2.30. The van der Waals surface area contributed by atoms with Crippen molar-refractivity contribution in [2.24, 2.45) is 11.8 Å². The van der Waals surface area contributed by atoms with E-state index < -0.39 is 19.0 Å². The lowest BCUT2D eigenvalue weighted by atomic mass is 9.80. The molecule has 0 fully saturated rings. The number of rotatable bonds is 15. The van der Waals surface area contributed by atoms with Crippen LogP contribution >= 0.6 is 39.1 Å². The average molecular weight is 1070 g/mol. The number of fused-ring (bicyclic) bond motifs is 2. The van der Waals surface area contributed by atoms with E-state index in [9.17, 15) is 9.59 Å². The van der Waals surface area contributed by atoms with Gasteiger partial charge < -0.3 is 38.8 Å². The van der Waals surface area contributed by atoms with Crippen LogP contribution in [0.15, 0.2) is 126 Å². The minimum absolute atomic E-state index is 0. The molecule has 2 aliphatic rings. The van der Waals surface area contributed by atoms with E-state index in [1.807, 2.05) is 86.6 Å². The molecule has 6 aromatic carbocycles. The van der Waals surface area contributed by atoms with Crippen molar-refractivity contribution >= 4 is 63.7 Å². The first-order chi connectivity index (χ1) is 33.2. The second-order valence-electron chi connectivity index (χ2n) is 18.8. The predicted octanol–water partition coefficient (Wildman–Crippen LogP) is 12.7. The fourth-order valence-electron chi connectivity index (χ4n) is 8.21. The molecule has 2 heterocycles. The van der Waals surface area contributed by atoms with Crippen LogP contribution in [-0.2, 0) is 53.2 Å². The minimum atomic E-state index is -1.48. The molecule has 2 unspecified atom stereocenters. The molecular formula is C57H64BBrCl2O10. The minimum Gasteiger partial charge on any atom is -0.489 e. The fourth-order valence-corrected chi connectivity index (χ4v) is 9.24. The van der Waals surface area contributed by atoms with Crippen LogP contribution < -0.4 is 24.4 Å². The van der Waals surface area contributed by atoms with Crippen LogP contribution in [0, 0.1) is 11.8 Å². The Morgan fingerprint density at radius 1 is 0.690 bits per heavy atom. The Kier molecular flexibility index (Phi) is 20.1. The Balaban J connectivity index is 0.000000220. The molecule has 3 N–H and O–H groups in total. The van der Waals surface area contributed by atoms with Crippen LogP contribution in [0.2, 0.25) is 10.0 Å². The number of hydrogen-bond donors (Lipinski definition) is 3. The molecule has 0 saturated carbocycles. The molecule has 2 aliphatic heterocycles. The van der Waals surface area contributed by atoms with Gasteiger partial charge in [0.2, 0.25) is 0 Å². The van der Waals surface area contributed by atoms with Crippen molar-refractivity contribution in [3.8, 4) is 34.1 Å². The van der Waals surface area contributed by atoms with Crippen LogP contribution in [0.4, 0.5) is 0 Å². The molecule has 0 bridgehead atoms. The lowest BCUT2D eigenvalue weighted by Gasteiger charge is -2.18. The third kappa shape index (κ3) is 16.0. The maximum atomic E-state index is 11.8. The van der Waals surface area contributed by atoms with Gasteiger partial charge in [0.25, 0.3) is 0 Å². The molecule has 8 rings (SSSR count). The highest BCUT2D eigenvalue weighted by Crippen LogP contribution is 2.43. The molecular weight excluding hydrogens is 1010 g/mol. The van der Waals surface area contributed by atoms with Gasteiger partial charge in [-0.25, -0.2) is 0 Å². The van der Waals surface area contributed by atoms with Gasteiger partial charge >= 0.3 is 19.1 Å². The van der Waals surface area contributed by atoms with Gasteiger partial charge in [0.15, 0.2) is 0 Å². The summed E-state index contributed by atoms with van der Waals surface area (Å²) in [5, 5.41) is 27.5. The van der Waals surface area contributed by atoms with Gasteiger partial charge in [-0.1, -0.05) is 121 Å². The van der Waals surface area contributed by atoms with Crippen molar-refractivity contribution in [1.82, 2.24) is 0 Å². The number of carbonyl (C=O) groups excluding carboxylic acids is 1. The average Bonchev–Trinajstić information content (AvgIpc) is 3.81. The Hall–Kier alpha value is -5.50. The van der Waals surface area contributed by atoms with E-state index >= 15 is 0 Å². The molecule has 6 aromatic rings. The van der Waals surface area contributed by atoms with E-state index in [1.54, 1.807) is 31.2 Å². The molecule has 376 valence electrons. The van der Waals surface area contributed by atoms with E-state index in [0.29, 0.717) is 48.2 Å². The summed E-state index contributed by atoms with van der Waals surface area (Å²) in [6, 6.07) is 38.3. The van der Waals surface area contributed by atoms with Gasteiger partial charge in [-0.05, 0) is 136 Å². The van der Waals surface area contributed by atoms with Crippen LogP contribution in [-0.4, -0.2) is 52.0 Å². The maximum absolute atomic E-state index is 11.8. The summed E-state index contributed by atoms with van der Waals surface area (Å²) in [6.45, 7) is 15.0. The SMILES string of the molecule is C.CC(Cc1ccc(OCc2cc(-c3ccccc3Cl)cc3c2OC(C)(C)C3)cc1)C(=O)O.CCOC(=O)C(C)Cc1ccc(OCc2cc(Br)cc3c2OC(C)(C)C3)cc1.OB(O)c1ccccc1Cl. The number of carbonyl (C=O) groups is 2. The highest BCUT2D eigenvalue weighted by atomic mass is 79.9. The number of hydrogen-bond acceptors (Lipinski definition) is 9. The molecule has 10 nitrogen and oxygen atoms in total. The first-order valence-electron chi connectivity index (χ1n) is 23.2. The topological polar surface area (TPSA) is 141 Å². The summed E-state index contributed by atoms with van der Waals surface area (Å²) >= 11 is 15.6. The second-order valence-corrected chi connectivity index (χ2v) is 20.5. The van der Waals surface area contributed by atoms with Crippen molar-refractivity contribution in [3.63, 3.8) is 0 Å². The van der Waals surface area contributed by atoms with Gasteiger partial charge in [0, 0.05) is 49.5 Å². The summed E-state index contributed by atoms with van der Waals surface area (Å²) in [7, 11) is -1.48. The number of benzene rings is 6. The maximum Gasteiger partial charge on any atom is 0.489 e. The standard InChI is InChI=1S/C27H27ClO4.C23H27BrO4.C6H6BClO2.CH4/c1-17(26(29)30)12-18-8-10-22(11-9-18)31-16-21-14-19(23-6-4-5-7-24(23)28)13-20-15-27(2,3)32-25(20)21;1-5-26-22(25)15(2)10-16-6-8-20(9-7-16)27-14-18-12-19(24)11-17-13-23(3,4)28-21(17)18;8-6-4-2-1-3-5(6)7(9)10;/h4-11,13-14,17H,12,15-16H2,1-3H3,(H,29,30);6-9,11-12,15H,5,10,13-14H2,1-4H3;1-4,9-10H;1H4. The summed E-state index contributed by atoms with van der Waals surface area (Å²) in [6.07, 6.45) is 2.86. The zero-order valence-corrected chi connectivity index (χ0v) is 43.7. The Labute approximate surface area is 437 Å². The summed E-state index contributed by atoms with van der Waals surface area (Å²) < 4.78 is 30.6. The zero-order chi connectivity index (χ0) is 50.8. The van der Waals surface area contributed by atoms with Crippen LogP contribution in [0.3, 0.4) is 0 Å². The number of halogens is 3. The predicted molar refractivity (Wildman–Crippen MR) is 287 cm³/mol. The van der Waals surface area contributed by atoms with Gasteiger partial charge in [0.1, 0.15) is 47.4 Å². The lowest BCUT2D eigenvalue weighted by molar-refractivity contribution is -0.147. The third-order valence-corrected chi connectivity index (χ3v) is 12.8. The van der Waals surface area contributed by atoms with E-state index in [-0.39, 0.29) is 30.5 Å². The molecule has 0 aliphatic carbocycles. The van der Waals surface area contributed by atoms with Gasteiger partial charge in [0.05, 0.1) is 18.4 Å². The first kappa shape index (κ1) is 56.4. The van der Waals surface area contributed by atoms with Crippen LogP contribution in [0.1, 0.15) is 89.3 Å². The summed E-state index contributed by atoms with van der Waals surface area (Å²) in [5.74, 6) is 1.82. The van der Waals surface area contributed by atoms with E-state index in [2.05, 4.69) is 67.9 Å². The smallest absolute Gasteiger partial charge is 0.489 e. The number of carboxylic acid groups (broad SMARTS) is 1. The molecule has 0 spiro atoms. The number of aliphatic carboxylic acids is 1. The second kappa shape index (κ2) is 25.2. The summed E-state index contributed by atoms with van der Waals surface area (Å²) in [5.41, 5.74) is 8.36. The molecule has 71 heavy (non-hydrogen) atoms. The van der Waals surface area contributed by atoms with Crippen molar-refractivity contribution in [3.05, 3.63) is 169 Å². The number of ether oxygens (including phenoxy) is 5. The molecule has 0 aromatic heterocycles. The molecule has 2 atom stereocenters. The molecule has 0 radical (unpaired) electrons. The van der Waals surface area contributed by atoms with Gasteiger partial charge in [-0.3, -0.25) is 9.59 Å². The molecule has 14 heteroatoms. The summed E-state index contributed by atoms with van der Waals surface area (Å²) in [4.78, 5) is 22.9. The zero-order valence-electron chi connectivity index (χ0n) is 40.6. The van der Waals surface area contributed by atoms with E-state index in [4.69, 9.17) is 62.0 Å². The van der Waals surface area contributed by atoms with Crippen LogP contribution in [0.5, 0.6) is 23.0 Å². The quantitative estimate of drug-likeness (QED) is 0.0672. The molecule has 0 saturated heterocycles. The first-order valence-corrected chi connectivity index (χ1v) is 24.8. The Morgan fingerprint density at radius 2 is 1.17 bits per heavy atom. The Morgan fingerprint density at radius 3 is 1.65 bits per heavy atom. The highest BCUT2D eigenvalue weighted by Gasteiger charge is 2.34. The highest BCUT2D eigenvalue weighted by molar-refractivity contribution is 9.10. The Bertz CT molecular complexity index is 2740. The number of esters is 1. The fraction of sp³-hybridized carbons (Fsp3) is 0.333. The van der Waals surface area contributed by atoms with Crippen molar-refractivity contribution in [2.75, 3.05) is 6.61 Å². The van der Waals surface area contributed by atoms with E-state index in [0.717, 1.165) is 79.3 Å². The van der Waals surface area contributed by atoms with E-state index in [1.165, 1.54) is 5.56 Å².